The highest BCUT2D eigenvalue weighted by atomic mass is 35.7. The molecule has 0 amide bonds. The Labute approximate surface area is 98.8 Å². The molecule has 0 unspecified atom stereocenters. The van der Waals surface area contributed by atoms with Crippen molar-refractivity contribution < 1.29 is 18.3 Å². The third-order valence-electron chi connectivity index (χ3n) is 2.16. The average Bonchev–Trinajstić information content (AvgIpc) is 2.29. The molecule has 0 bridgehead atoms. The van der Waals surface area contributed by atoms with E-state index in [1.54, 1.807) is 0 Å². The molecule has 1 saturated heterocycles. The first-order valence-corrected chi connectivity index (χ1v) is 7.35. The summed E-state index contributed by atoms with van der Waals surface area (Å²) in [7, 11) is 0. The molecule has 1 aliphatic rings. The smallest absolute Gasteiger partial charge is 0.369 e. The number of hydrogen-bond acceptors (Lipinski definition) is 4. The molecule has 6 heteroatoms. The van der Waals surface area contributed by atoms with Crippen molar-refractivity contribution in [3.05, 3.63) is 35.9 Å². The van der Waals surface area contributed by atoms with Gasteiger partial charge in [0.1, 0.15) is 6.10 Å². The Balaban J connectivity index is 1.78. The molecule has 1 aliphatic heterocycles. The van der Waals surface area contributed by atoms with E-state index in [1.165, 1.54) is 0 Å². The van der Waals surface area contributed by atoms with Crippen molar-refractivity contribution in [2.75, 3.05) is 13.2 Å². The van der Waals surface area contributed by atoms with Crippen LogP contribution in [-0.2, 0) is 25.0 Å². The molecule has 2 rings (SSSR count). The summed E-state index contributed by atoms with van der Waals surface area (Å²) in [5.41, 5.74) is 1.07. The third-order valence-corrected chi connectivity index (χ3v) is 3.66. The molecule has 1 fully saturated rings. The first-order chi connectivity index (χ1) is 7.66. The van der Waals surface area contributed by atoms with E-state index in [0.29, 0.717) is 6.61 Å². The maximum atomic E-state index is 11.1. The molecule has 1 aromatic carbocycles. The van der Waals surface area contributed by atoms with Crippen molar-refractivity contribution in [3.63, 3.8) is 0 Å². The zero-order valence-electron chi connectivity index (χ0n) is 8.54. The van der Waals surface area contributed by atoms with Gasteiger partial charge in [-0.15, -0.1) is 0 Å². The van der Waals surface area contributed by atoms with Gasteiger partial charge in [-0.2, -0.15) is 0 Å². The number of hydrogen-bond donors (Lipinski definition) is 0. The van der Waals surface area contributed by atoms with Crippen molar-refractivity contribution in [1.29, 1.82) is 0 Å². The molecule has 0 atom stereocenters. The lowest BCUT2D eigenvalue weighted by molar-refractivity contribution is -0.0419. The van der Waals surface area contributed by atoms with Gasteiger partial charge in [0.15, 0.2) is 0 Å². The van der Waals surface area contributed by atoms with E-state index in [9.17, 15) is 4.57 Å². The first kappa shape index (κ1) is 12.1. The van der Waals surface area contributed by atoms with Crippen molar-refractivity contribution in [1.82, 2.24) is 0 Å². The summed E-state index contributed by atoms with van der Waals surface area (Å²) in [5.74, 6) is 0. The summed E-state index contributed by atoms with van der Waals surface area (Å²) in [6, 6.07) is 9.77. The van der Waals surface area contributed by atoms with Crippen LogP contribution >= 0.6 is 18.2 Å². The lowest BCUT2D eigenvalue weighted by Crippen LogP contribution is -2.28. The Morgan fingerprint density at radius 3 is 2.56 bits per heavy atom. The van der Waals surface area contributed by atoms with Gasteiger partial charge < -0.3 is 4.74 Å². The van der Waals surface area contributed by atoms with Crippen LogP contribution in [0.3, 0.4) is 0 Å². The van der Waals surface area contributed by atoms with E-state index >= 15 is 0 Å². The largest absolute Gasteiger partial charge is 0.424 e. The number of halogens is 1. The van der Waals surface area contributed by atoms with Crippen molar-refractivity contribution in [2.24, 2.45) is 0 Å². The zero-order valence-corrected chi connectivity index (χ0v) is 10.2. The lowest BCUT2D eigenvalue weighted by Gasteiger charge is -2.25. The van der Waals surface area contributed by atoms with Gasteiger partial charge in [0.2, 0.25) is 0 Å². The maximum Gasteiger partial charge on any atom is 0.424 e. The van der Waals surface area contributed by atoms with Crippen molar-refractivity contribution in [2.45, 2.75) is 12.7 Å². The van der Waals surface area contributed by atoms with Gasteiger partial charge in [0.25, 0.3) is 0 Å². The molecule has 0 spiro atoms. The van der Waals surface area contributed by atoms with Crippen LogP contribution in [0.4, 0.5) is 0 Å². The quantitative estimate of drug-likeness (QED) is 0.786. The Kier molecular flexibility index (Phi) is 4.00. The van der Waals surface area contributed by atoms with E-state index in [4.69, 9.17) is 25.0 Å². The van der Waals surface area contributed by atoms with E-state index in [-0.39, 0.29) is 19.3 Å². The minimum Gasteiger partial charge on any atom is -0.369 e. The summed E-state index contributed by atoms with van der Waals surface area (Å²) in [4.78, 5) is 0. The minimum absolute atomic E-state index is 0.202. The molecule has 1 heterocycles. The molecular formula is C10H12ClO4P. The fourth-order valence-corrected chi connectivity index (χ4v) is 2.42. The van der Waals surface area contributed by atoms with Crippen LogP contribution < -0.4 is 0 Å². The standard InChI is InChI=1S/C10H12ClO4P/c11-16(12)14-7-10(8-15-16)13-6-9-4-2-1-3-5-9/h1-5,10H,6-8H2. The lowest BCUT2D eigenvalue weighted by atomic mass is 10.2. The number of rotatable bonds is 3. The molecule has 0 aliphatic carbocycles. The van der Waals surface area contributed by atoms with E-state index in [0.717, 1.165) is 5.56 Å². The normalized spacial score (nSPS) is 30.2. The number of benzene rings is 1. The van der Waals surface area contributed by atoms with Crippen LogP contribution in [0, 0.1) is 0 Å². The van der Waals surface area contributed by atoms with Crippen molar-refractivity contribution in [3.8, 4) is 0 Å². The maximum absolute atomic E-state index is 11.1. The summed E-state index contributed by atoms with van der Waals surface area (Å²) in [5, 5.41) is 0. The highest BCUT2D eigenvalue weighted by Crippen LogP contribution is 2.55. The predicted molar refractivity (Wildman–Crippen MR) is 60.4 cm³/mol. The Hall–Kier alpha value is -0.380. The molecule has 0 radical (unpaired) electrons. The first-order valence-electron chi connectivity index (χ1n) is 4.90. The SMILES string of the molecule is O=P1(Cl)OCC(OCc2ccccc2)CO1. The van der Waals surface area contributed by atoms with Crippen LogP contribution in [0.1, 0.15) is 5.56 Å². The van der Waals surface area contributed by atoms with Crippen LogP contribution in [0.2, 0.25) is 0 Å². The van der Waals surface area contributed by atoms with Gasteiger partial charge >= 0.3 is 6.95 Å². The van der Waals surface area contributed by atoms with Crippen LogP contribution in [0.25, 0.3) is 0 Å². The van der Waals surface area contributed by atoms with Gasteiger partial charge in [-0.1, -0.05) is 30.3 Å². The molecule has 16 heavy (non-hydrogen) atoms. The summed E-state index contributed by atoms with van der Waals surface area (Å²) >= 11 is 5.41. The van der Waals surface area contributed by atoms with Gasteiger partial charge in [0.05, 0.1) is 19.8 Å². The average molecular weight is 263 g/mol. The van der Waals surface area contributed by atoms with E-state index in [1.807, 2.05) is 30.3 Å². The van der Waals surface area contributed by atoms with E-state index < -0.39 is 6.95 Å². The van der Waals surface area contributed by atoms with Crippen LogP contribution in [0.15, 0.2) is 30.3 Å². The second kappa shape index (κ2) is 5.30. The molecule has 0 aromatic heterocycles. The summed E-state index contributed by atoms with van der Waals surface area (Å²) in [6.07, 6.45) is -0.221. The molecule has 1 aromatic rings. The van der Waals surface area contributed by atoms with Gasteiger partial charge in [-0.25, -0.2) is 4.57 Å². The van der Waals surface area contributed by atoms with Gasteiger partial charge in [-0.05, 0) is 5.56 Å². The molecular weight excluding hydrogens is 251 g/mol. The van der Waals surface area contributed by atoms with Gasteiger partial charge in [0, 0.05) is 11.2 Å². The fourth-order valence-electron chi connectivity index (χ4n) is 1.31. The summed E-state index contributed by atoms with van der Waals surface area (Å²) in [6.45, 7) is -2.45. The second-order valence-corrected chi connectivity index (χ2v) is 6.06. The van der Waals surface area contributed by atoms with E-state index in [2.05, 4.69) is 0 Å². The predicted octanol–water partition coefficient (Wildman–Crippen LogP) is 2.97. The fraction of sp³-hybridized carbons (Fsp3) is 0.400. The van der Waals surface area contributed by atoms with Crippen molar-refractivity contribution >= 4 is 18.2 Å². The monoisotopic (exact) mass is 262 g/mol. The Bertz CT molecular complexity index is 372. The minimum atomic E-state index is -3.33. The molecule has 88 valence electrons. The highest BCUT2D eigenvalue weighted by molar-refractivity contribution is 7.81. The zero-order chi connectivity index (χ0) is 11.4. The summed E-state index contributed by atoms with van der Waals surface area (Å²) < 4.78 is 26.3. The molecule has 4 nitrogen and oxygen atoms in total. The second-order valence-electron chi connectivity index (χ2n) is 3.44. The molecule has 0 saturated carbocycles. The highest BCUT2D eigenvalue weighted by Gasteiger charge is 2.30. The van der Waals surface area contributed by atoms with Crippen LogP contribution in [-0.4, -0.2) is 19.3 Å². The Morgan fingerprint density at radius 1 is 1.31 bits per heavy atom. The van der Waals surface area contributed by atoms with Gasteiger partial charge in [-0.3, -0.25) is 9.05 Å². The molecule has 0 N–H and O–H groups in total. The Morgan fingerprint density at radius 2 is 1.94 bits per heavy atom. The van der Waals surface area contributed by atoms with Crippen LogP contribution in [0.5, 0.6) is 0 Å². The number of ether oxygens (including phenoxy) is 1. The topological polar surface area (TPSA) is 44.8 Å². The third kappa shape index (κ3) is 3.58.